The van der Waals surface area contributed by atoms with Crippen LogP contribution in [0, 0.1) is 27.7 Å². The van der Waals surface area contributed by atoms with Crippen LogP contribution < -0.4 is 10.1 Å². The molecule has 5 nitrogen and oxygen atoms in total. The van der Waals surface area contributed by atoms with E-state index in [2.05, 4.69) is 21.2 Å². The first kappa shape index (κ1) is 25.2. The minimum Gasteiger partial charge on any atom is -0.506 e. The maximum absolute atomic E-state index is 12.1. The molecule has 0 saturated heterocycles. The van der Waals surface area contributed by atoms with Crippen molar-refractivity contribution in [3.05, 3.63) is 89.9 Å². The molecule has 180 valence electrons. The summed E-state index contributed by atoms with van der Waals surface area (Å²) in [4.78, 5) is 26.3. The zero-order valence-corrected chi connectivity index (χ0v) is 22.9. The van der Waals surface area contributed by atoms with Gasteiger partial charge in [0.25, 0.3) is 5.91 Å². The first-order valence-corrected chi connectivity index (χ1v) is 13.3. The Labute approximate surface area is 220 Å². The predicted molar refractivity (Wildman–Crippen MR) is 146 cm³/mol. The zero-order chi connectivity index (χ0) is 25.3. The van der Waals surface area contributed by atoms with Gasteiger partial charge in [-0.15, -0.1) is 22.7 Å². The van der Waals surface area contributed by atoms with Gasteiger partial charge in [0.1, 0.15) is 11.5 Å². The molecule has 4 aromatic rings. The third kappa shape index (κ3) is 5.83. The maximum Gasteiger partial charge on any atom is 0.257 e. The van der Waals surface area contributed by atoms with Gasteiger partial charge >= 0.3 is 0 Å². The Kier molecular flexibility index (Phi) is 7.44. The molecule has 0 aliphatic carbocycles. The number of Topliss-reactive ketones (excluding diaryl/α,β-unsaturated/α-hetero) is 1. The van der Waals surface area contributed by atoms with Gasteiger partial charge in [-0.2, -0.15) is 0 Å². The molecule has 1 aliphatic rings. The topological polar surface area (TPSA) is 75.6 Å². The Morgan fingerprint density at radius 3 is 2.34 bits per heavy atom. The SMILES string of the molecule is Cc1ccc(NC(=O)c2cc(C)sc2Br)c(O)c1.Cc1ccc2c(c1)Oc1sc(C)cc1C(=O)C2. The summed E-state index contributed by atoms with van der Waals surface area (Å²) >= 11 is 6.40. The molecule has 0 spiro atoms. The van der Waals surface area contributed by atoms with Gasteiger partial charge < -0.3 is 15.2 Å². The number of thiophene rings is 2. The Morgan fingerprint density at radius 1 is 0.971 bits per heavy atom. The second-order valence-electron chi connectivity index (χ2n) is 8.39. The van der Waals surface area contributed by atoms with Crippen molar-refractivity contribution in [2.45, 2.75) is 34.1 Å². The number of ketones is 1. The quantitative estimate of drug-likeness (QED) is 0.240. The molecule has 5 rings (SSSR count). The molecule has 2 N–H and O–H groups in total. The molecule has 1 aliphatic heterocycles. The van der Waals surface area contributed by atoms with Crippen LogP contribution in [-0.2, 0) is 6.42 Å². The van der Waals surface area contributed by atoms with Gasteiger partial charge in [0.15, 0.2) is 10.8 Å². The van der Waals surface area contributed by atoms with Crippen LogP contribution >= 0.6 is 38.6 Å². The van der Waals surface area contributed by atoms with Gasteiger partial charge in [0.2, 0.25) is 0 Å². The Hall–Kier alpha value is -2.94. The van der Waals surface area contributed by atoms with Crippen LogP contribution in [0.5, 0.6) is 16.6 Å². The fraction of sp³-hybridized carbons (Fsp3) is 0.185. The van der Waals surface area contributed by atoms with E-state index in [0.29, 0.717) is 17.7 Å². The van der Waals surface area contributed by atoms with Gasteiger partial charge in [-0.3, -0.25) is 9.59 Å². The van der Waals surface area contributed by atoms with E-state index >= 15 is 0 Å². The highest BCUT2D eigenvalue weighted by Crippen LogP contribution is 2.39. The van der Waals surface area contributed by atoms with Crippen molar-refractivity contribution < 1.29 is 19.4 Å². The van der Waals surface area contributed by atoms with Crippen molar-refractivity contribution in [1.82, 2.24) is 0 Å². The highest BCUT2D eigenvalue weighted by Gasteiger charge is 2.23. The Balaban J connectivity index is 0.000000165. The molecule has 0 saturated carbocycles. The van der Waals surface area contributed by atoms with Crippen LogP contribution in [0.25, 0.3) is 0 Å². The van der Waals surface area contributed by atoms with E-state index < -0.39 is 0 Å². The average Bonchev–Trinajstić information content (AvgIpc) is 3.29. The van der Waals surface area contributed by atoms with Crippen LogP contribution in [0.3, 0.4) is 0 Å². The summed E-state index contributed by atoms with van der Waals surface area (Å²) in [6, 6.07) is 14.9. The number of anilines is 1. The van der Waals surface area contributed by atoms with Crippen molar-refractivity contribution in [1.29, 1.82) is 0 Å². The number of carbonyl (C=O) groups is 2. The molecule has 0 fully saturated rings. The lowest BCUT2D eigenvalue weighted by atomic mass is 10.0. The molecule has 0 radical (unpaired) electrons. The monoisotopic (exact) mass is 569 g/mol. The van der Waals surface area contributed by atoms with E-state index in [4.69, 9.17) is 4.74 Å². The Bertz CT molecular complexity index is 1440. The van der Waals surface area contributed by atoms with E-state index in [-0.39, 0.29) is 17.4 Å². The molecule has 3 heterocycles. The molecule has 8 heteroatoms. The lowest BCUT2D eigenvalue weighted by molar-refractivity contribution is 0.0991. The van der Waals surface area contributed by atoms with Crippen molar-refractivity contribution in [3.8, 4) is 16.6 Å². The molecule has 1 amide bonds. The van der Waals surface area contributed by atoms with Crippen LogP contribution in [0.1, 0.15) is 47.2 Å². The van der Waals surface area contributed by atoms with Crippen LogP contribution in [-0.4, -0.2) is 16.8 Å². The first-order valence-electron chi connectivity index (χ1n) is 10.9. The standard InChI is InChI=1S/C14H12O2S.C13H12BrNO2S/c1-8-3-4-10-7-12(15)11-6-9(2)17-14(11)16-13(10)5-8;1-7-3-4-10(11(16)5-7)15-13(17)9-6-8(2)18-12(9)14/h3-6H,7H2,1-2H3;3-6,16H,1-2H3,(H,15,17). The summed E-state index contributed by atoms with van der Waals surface area (Å²) in [6.45, 7) is 7.84. The third-order valence-electron chi connectivity index (χ3n) is 5.35. The molecular formula is C27H24BrNO4S2. The van der Waals surface area contributed by atoms with E-state index in [9.17, 15) is 14.7 Å². The summed E-state index contributed by atoms with van der Waals surface area (Å²) in [5, 5.41) is 13.2. The van der Waals surface area contributed by atoms with Gasteiger partial charge in [-0.1, -0.05) is 18.2 Å². The van der Waals surface area contributed by atoms with Gasteiger partial charge in [0, 0.05) is 21.7 Å². The second-order valence-corrected chi connectivity index (χ2v) is 12.2. The number of hydrogen-bond acceptors (Lipinski definition) is 6. The minimum absolute atomic E-state index is 0.0754. The van der Waals surface area contributed by atoms with Crippen molar-refractivity contribution in [2.24, 2.45) is 0 Å². The molecule has 0 atom stereocenters. The van der Waals surface area contributed by atoms with Gasteiger partial charge in [0.05, 0.1) is 20.6 Å². The van der Waals surface area contributed by atoms with Crippen LogP contribution in [0.15, 0.2) is 52.3 Å². The van der Waals surface area contributed by atoms with Crippen molar-refractivity contribution >= 4 is 56.0 Å². The smallest absolute Gasteiger partial charge is 0.257 e. The largest absolute Gasteiger partial charge is 0.506 e. The first-order chi connectivity index (χ1) is 16.6. The fourth-order valence-electron chi connectivity index (χ4n) is 3.61. The highest BCUT2D eigenvalue weighted by molar-refractivity contribution is 9.11. The fourth-order valence-corrected chi connectivity index (χ4v) is 6.28. The number of nitrogens with one attached hydrogen (secondary N) is 1. The predicted octanol–water partition coefficient (Wildman–Crippen LogP) is 7.98. The van der Waals surface area contributed by atoms with Crippen molar-refractivity contribution in [3.63, 3.8) is 0 Å². The second kappa shape index (κ2) is 10.4. The summed E-state index contributed by atoms with van der Waals surface area (Å²) < 4.78 is 6.67. The molecule has 35 heavy (non-hydrogen) atoms. The van der Waals surface area contributed by atoms with Crippen molar-refractivity contribution in [2.75, 3.05) is 5.32 Å². The number of fused-ring (bicyclic) bond motifs is 2. The third-order valence-corrected chi connectivity index (χ3v) is 8.03. The van der Waals surface area contributed by atoms with Crippen LogP contribution in [0.2, 0.25) is 0 Å². The minimum atomic E-state index is -0.231. The highest BCUT2D eigenvalue weighted by atomic mass is 79.9. The molecule has 2 aromatic heterocycles. The lowest BCUT2D eigenvalue weighted by Gasteiger charge is -2.07. The van der Waals surface area contributed by atoms with E-state index in [1.807, 2.05) is 64.1 Å². The number of aryl methyl sites for hydroxylation is 4. The van der Waals surface area contributed by atoms with E-state index in [1.54, 1.807) is 12.1 Å². The van der Waals surface area contributed by atoms with Gasteiger partial charge in [-0.25, -0.2) is 0 Å². The van der Waals surface area contributed by atoms with Crippen LogP contribution in [0.4, 0.5) is 5.69 Å². The molecule has 0 bridgehead atoms. The zero-order valence-electron chi connectivity index (χ0n) is 19.7. The Morgan fingerprint density at radius 2 is 1.66 bits per heavy atom. The van der Waals surface area contributed by atoms with E-state index in [1.165, 1.54) is 22.7 Å². The number of aromatic hydroxyl groups is 1. The number of phenolic OH excluding ortho intramolecular Hbond substituents is 1. The van der Waals surface area contributed by atoms with E-state index in [0.717, 1.165) is 46.6 Å². The summed E-state index contributed by atoms with van der Waals surface area (Å²) in [5.74, 6) is 0.808. The number of amides is 1. The number of ether oxygens (including phenoxy) is 1. The number of benzene rings is 2. The molecular weight excluding hydrogens is 546 g/mol. The maximum atomic E-state index is 12.1. The van der Waals surface area contributed by atoms with Gasteiger partial charge in [-0.05, 0) is 85.1 Å². The normalized spacial score (nSPS) is 12.0. The lowest BCUT2D eigenvalue weighted by Crippen LogP contribution is -2.11. The molecule has 2 aromatic carbocycles. The number of carbonyl (C=O) groups excluding carboxylic acids is 2. The average molecular weight is 571 g/mol. The summed E-state index contributed by atoms with van der Waals surface area (Å²) in [5.41, 5.74) is 4.79. The molecule has 0 unspecified atom stereocenters. The number of hydrogen-bond donors (Lipinski definition) is 2. The number of phenols is 1. The number of rotatable bonds is 2. The summed E-state index contributed by atoms with van der Waals surface area (Å²) in [7, 11) is 0. The number of halogens is 1. The summed E-state index contributed by atoms with van der Waals surface area (Å²) in [6.07, 6.45) is 0.429.